The number of halogens is 3. The Kier molecular flexibility index (Phi) is 16.3. The van der Waals surface area contributed by atoms with Crippen molar-refractivity contribution in [2.45, 2.75) is 126 Å². The summed E-state index contributed by atoms with van der Waals surface area (Å²) in [5, 5.41) is 9.21. The SMILES string of the molecule is CCCCCCCCCCCNC(=O)N(C)[C@H]1CN([C@H](c2ccc(C(=O)N3C[C@@H](C(=O)N[C@H]4C[C@@H]4c4ccccc4)[C@H](C(=O)N[C@H]4C[C@@H]4c4ccccc4)C3)cc2)C(F)(F)F)C[C@@H]1OC. The molecule has 0 unspecified atom stereocenters. The van der Waals surface area contributed by atoms with Crippen LogP contribution in [0.2, 0.25) is 0 Å². The van der Waals surface area contributed by atoms with Crippen molar-refractivity contribution in [3.8, 4) is 0 Å². The Labute approximate surface area is 382 Å². The molecule has 4 fully saturated rings. The summed E-state index contributed by atoms with van der Waals surface area (Å²) < 4.78 is 50.6. The second kappa shape index (κ2) is 22.0. The number of likely N-dealkylation sites (N-methyl/N-ethyl adjacent to an activating group) is 1. The van der Waals surface area contributed by atoms with Gasteiger partial charge in [0.2, 0.25) is 11.8 Å². The van der Waals surface area contributed by atoms with Gasteiger partial charge in [-0.05, 0) is 48.1 Å². The van der Waals surface area contributed by atoms with E-state index in [1.165, 1.54) is 84.6 Å². The van der Waals surface area contributed by atoms with E-state index in [4.69, 9.17) is 4.74 Å². The summed E-state index contributed by atoms with van der Waals surface area (Å²) in [4.78, 5) is 59.3. The van der Waals surface area contributed by atoms with Crippen LogP contribution in [0, 0.1) is 11.8 Å². The van der Waals surface area contributed by atoms with Crippen molar-refractivity contribution in [1.29, 1.82) is 0 Å². The highest BCUT2D eigenvalue weighted by Gasteiger charge is 2.51. The number of likely N-dealkylation sites (tertiary alicyclic amines) is 2. The first kappa shape index (κ1) is 48.0. The van der Waals surface area contributed by atoms with Crippen molar-refractivity contribution in [1.82, 2.24) is 30.7 Å². The fraction of sp³-hybridized carbons (Fsp3) is 0.569. The van der Waals surface area contributed by atoms with E-state index in [9.17, 15) is 32.3 Å². The number of nitrogens with zero attached hydrogens (tertiary/aromatic N) is 3. The lowest BCUT2D eigenvalue weighted by molar-refractivity contribution is -0.184. The van der Waals surface area contributed by atoms with E-state index in [2.05, 4.69) is 22.9 Å². The maximum absolute atomic E-state index is 15.0. The molecule has 5 amide bonds. The topological polar surface area (TPSA) is 123 Å². The van der Waals surface area contributed by atoms with Gasteiger partial charge in [0.25, 0.3) is 5.91 Å². The molecule has 2 saturated heterocycles. The molecule has 11 nitrogen and oxygen atoms in total. The minimum Gasteiger partial charge on any atom is -0.378 e. The van der Waals surface area contributed by atoms with E-state index in [0.29, 0.717) is 6.54 Å². The van der Waals surface area contributed by atoms with Gasteiger partial charge in [-0.15, -0.1) is 0 Å². The highest BCUT2D eigenvalue weighted by Crippen LogP contribution is 2.44. The first-order chi connectivity index (χ1) is 31.4. The van der Waals surface area contributed by atoms with Crippen LogP contribution in [0.25, 0.3) is 0 Å². The quantitative estimate of drug-likeness (QED) is 0.0928. The third-order valence-corrected chi connectivity index (χ3v) is 14.1. The molecule has 3 aromatic carbocycles. The van der Waals surface area contributed by atoms with E-state index in [1.807, 2.05) is 60.7 Å². The Bertz CT molecular complexity index is 1970. The predicted molar refractivity (Wildman–Crippen MR) is 244 cm³/mol. The Hall–Kier alpha value is -4.95. The van der Waals surface area contributed by atoms with Crippen LogP contribution in [0.1, 0.15) is 122 Å². The molecule has 3 aromatic rings. The summed E-state index contributed by atoms with van der Waals surface area (Å²) in [7, 11) is 3.04. The number of methoxy groups -OCH3 is 1. The first-order valence-electron chi connectivity index (χ1n) is 23.8. The van der Waals surface area contributed by atoms with Gasteiger partial charge in [0, 0.05) is 76.4 Å². The van der Waals surface area contributed by atoms with Gasteiger partial charge in [-0.25, -0.2) is 4.79 Å². The molecular weight excluding hydrogens is 834 g/mol. The van der Waals surface area contributed by atoms with Crippen molar-refractivity contribution >= 4 is 23.8 Å². The summed E-state index contributed by atoms with van der Waals surface area (Å²) in [6.07, 6.45) is 6.63. The number of hydrogen-bond donors (Lipinski definition) is 3. The summed E-state index contributed by atoms with van der Waals surface area (Å²) in [6.45, 7) is 2.58. The first-order valence-corrected chi connectivity index (χ1v) is 23.8. The standard InChI is InChI=1S/C51H67F3N6O5/c1-4-5-6-7-8-9-10-11-18-27-55-50(64)58(2)44-32-59(33-45(44)65-3)46(51(52,53)54)36-23-25-37(26-24-36)49(63)60-30-40(47(61)56-42-28-38(42)34-19-14-12-15-20-34)41(31-60)48(62)57-43-29-39(43)35-21-16-13-17-22-35/h12-17,19-26,38-46H,4-11,18,27-33H2,1-3H3,(H,55,64)(H,56,61)(H,57,62)/t38-,39-,40-,41-,42+,43+,44+,45+,46-/m1/s1. The van der Waals surface area contributed by atoms with Crippen LogP contribution in [0.5, 0.6) is 0 Å². The number of nitrogens with one attached hydrogen (secondary N) is 3. The molecule has 3 N–H and O–H groups in total. The van der Waals surface area contributed by atoms with Crippen molar-refractivity contribution in [3.63, 3.8) is 0 Å². The minimum absolute atomic E-state index is 0.000946. The molecule has 4 aliphatic rings. The minimum atomic E-state index is -4.67. The van der Waals surface area contributed by atoms with Gasteiger partial charge in [-0.2, -0.15) is 13.2 Å². The number of hydrogen-bond acceptors (Lipinski definition) is 6. The number of benzene rings is 3. The average Bonchev–Trinajstić information content (AvgIpc) is 4.16. The van der Waals surface area contributed by atoms with Crippen LogP contribution in [0.15, 0.2) is 84.9 Å². The Morgan fingerprint density at radius 3 is 1.71 bits per heavy atom. The maximum atomic E-state index is 15.0. The van der Waals surface area contributed by atoms with Crippen LogP contribution in [-0.4, -0.2) is 116 Å². The van der Waals surface area contributed by atoms with E-state index in [0.717, 1.165) is 43.2 Å². The molecule has 2 saturated carbocycles. The number of urea groups is 1. The number of carbonyl (C=O) groups excluding carboxylic acids is 4. The number of rotatable bonds is 21. The number of unbranched alkanes of at least 4 members (excludes halogenated alkanes) is 8. The lowest BCUT2D eigenvalue weighted by Gasteiger charge is -2.31. The van der Waals surface area contributed by atoms with E-state index in [1.54, 1.807) is 7.05 Å². The highest BCUT2D eigenvalue weighted by atomic mass is 19.4. The van der Waals surface area contributed by atoms with Gasteiger partial charge in [0.15, 0.2) is 0 Å². The molecule has 65 heavy (non-hydrogen) atoms. The number of ether oxygens (including phenoxy) is 1. The Balaban J connectivity index is 0.969. The lowest BCUT2D eigenvalue weighted by Crippen LogP contribution is -2.49. The average molecular weight is 901 g/mol. The van der Waals surface area contributed by atoms with Crippen LogP contribution >= 0.6 is 0 Å². The molecule has 9 atom stereocenters. The molecule has 2 aliphatic heterocycles. The largest absolute Gasteiger partial charge is 0.408 e. The third kappa shape index (κ3) is 12.3. The zero-order valence-electron chi connectivity index (χ0n) is 38.1. The zero-order valence-corrected chi connectivity index (χ0v) is 38.1. The number of alkyl halides is 3. The zero-order chi connectivity index (χ0) is 46.1. The highest BCUT2D eigenvalue weighted by molar-refractivity contribution is 5.97. The summed E-state index contributed by atoms with van der Waals surface area (Å²) in [5.41, 5.74) is 2.37. The van der Waals surface area contributed by atoms with Gasteiger partial charge >= 0.3 is 12.2 Å². The third-order valence-electron chi connectivity index (χ3n) is 14.1. The fourth-order valence-electron chi connectivity index (χ4n) is 10.0. The van der Waals surface area contributed by atoms with Crippen molar-refractivity contribution in [2.24, 2.45) is 11.8 Å². The van der Waals surface area contributed by atoms with Gasteiger partial charge in [-0.1, -0.05) is 131 Å². The number of amides is 5. The summed E-state index contributed by atoms with van der Waals surface area (Å²) >= 11 is 0. The Morgan fingerprint density at radius 2 is 1.22 bits per heavy atom. The van der Waals surface area contributed by atoms with Crippen LogP contribution in [-0.2, 0) is 14.3 Å². The molecule has 352 valence electrons. The van der Waals surface area contributed by atoms with Gasteiger partial charge < -0.3 is 30.5 Å². The second-order valence-electron chi connectivity index (χ2n) is 18.7. The molecule has 7 rings (SSSR count). The molecule has 14 heteroatoms. The van der Waals surface area contributed by atoms with E-state index < -0.39 is 42.1 Å². The van der Waals surface area contributed by atoms with Crippen molar-refractivity contribution in [2.75, 3.05) is 46.9 Å². The second-order valence-corrected chi connectivity index (χ2v) is 18.7. The molecule has 2 aliphatic carbocycles. The van der Waals surface area contributed by atoms with Crippen molar-refractivity contribution in [3.05, 3.63) is 107 Å². The van der Waals surface area contributed by atoms with Gasteiger partial charge in [0.05, 0.1) is 24.0 Å². The fourth-order valence-corrected chi connectivity index (χ4v) is 10.0. The predicted octanol–water partition coefficient (Wildman–Crippen LogP) is 8.19. The van der Waals surface area contributed by atoms with Crippen LogP contribution in [0.4, 0.5) is 18.0 Å². The number of carbonyl (C=O) groups is 4. The van der Waals surface area contributed by atoms with Crippen molar-refractivity contribution < 1.29 is 37.1 Å². The molecular formula is C51H67F3N6O5. The Morgan fingerprint density at radius 1 is 0.708 bits per heavy atom. The molecule has 0 bridgehead atoms. The van der Waals surface area contributed by atoms with Crippen LogP contribution < -0.4 is 16.0 Å². The lowest BCUT2D eigenvalue weighted by atomic mass is 9.94. The van der Waals surface area contributed by atoms with Gasteiger partial charge in [-0.3, -0.25) is 19.3 Å². The normalized spacial score (nSPS) is 25.5. The smallest absolute Gasteiger partial charge is 0.378 e. The van der Waals surface area contributed by atoms with E-state index in [-0.39, 0.29) is 79.1 Å². The summed E-state index contributed by atoms with van der Waals surface area (Å²) in [6, 6.07) is 22.1. The molecule has 2 heterocycles. The molecule has 0 spiro atoms. The van der Waals surface area contributed by atoms with Crippen LogP contribution in [0.3, 0.4) is 0 Å². The molecule has 0 radical (unpaired) electrons. The maximum Gasteiger partial charge on any atom is 0.408 e. The molecule has 0 aromatic heterocycles. The monoisotopic (exact) mass is 901 g/mol. The van der Waals surface area contributed by atoms with Gasteiger partial charge in [0.1, 0.15) is 6.04 Å². The summed E-state index contributed by atoms with van der Waals surface area (Å²) in [5.74, 6) is -2.29. The van der Waals surface area contributed by atoms with E-state index >= 15 is 0 Å².